The zero-order chi connectivity index (χ0) is 17.0. The average Bonchev–Trinajstić information content (AvgIpc) is 2.60. The molecule has 5 nitrogen and oxygen atoms in total. The van der Waals surface area contributed by atoms with Gasteiger partial charge in [-0.25, -0.2) is 4.79 Å². The minimum Gasteiger partial charge on any atom is -0.483 e. The molecule has 0 radical (unpaired) electrons. The van der Waals surface area contributed by atoms with E-state index in [1.54, 1.807) is 17.8 Å². The molecule has 3 rings (SSSR count). The van der Waals surface area contributed by atoms with E-state index in [2.05, 4.69) is 5.32 Å². The maximum atomic E-state index is 12.2. The zero-order valence-corrected chi connectivity index (χ0v) is 14.0. The molecular weight excluding hydrogens is 326 g/mol. The number of benzene rings is 2. The maximum Gasteiger partial charge on any atom is 0.329 e. The third-order valence-corrected chi connectivity index (χ3v) is 5.23. The van der Waals surface area contributed by atoms with Crippen molar-refractivity contribution in [2.24, 2.45) is 0 Å². The lowest BCUT2D eigenvalue weighted by atomic mass is 9.92. The largest absolute Gasteiger partial charge is 0.483 e. The van der Waals surface area contributed by atoms with Gasteiger partial charge in [0.05, 0.1) is 0 Å². The van der Waals surface area contributed by atoms with E-state index in [1.807, 2.05) is 36.4 Å². The number of fused-ring (bicyclic) bond motifs is 1. The minimum absolute atomic E-state index is 0.198. The quantitative estimate of drug-likeness (QED) is 0.871. The minimum atomic E-state index is -1.16. The van der Waals surface area contributed by atoms with Crippen LogP contribution >= 0.6 is 11.8 Å². The number of thioether (sulfide) groups is 1. The maximum absolute atomic E-state index is 12.2. The van der Waals surface area contributed by atoms with Crippen LogP contribution in [0, 0.1) is 0 Å². The van der Waals surface area contributed by atoms with E-state index in [4.69, 9.17) is 4.74 Å². The van der Waals surface area contributed by atoms with Crippen molar-refractivity contribution in [3.05, 3.63) is 42.5 Å². The number of aliphatic carboxylic acids is 1. The SMILES string of the molecule is O=C(COc1cccc2ccccc12)NC1(C(=O)O)CCSCC1. The summed E-state index contributed by atoms with van der Waals surface area (Å²) >= 11 is 1.71. The van der Waals surface area contributed by atoms with Crippen molar-refractivity contribution < 1.29 is 19.4 Å². The van der Waals surface area contributed by atoms with E-state index >= 15 is 0 Å². The molecule has 6 heteroatoms. The number of hydrogen-bond acceptors (Lipinski definition) is 4. The van der Waals surface area contributed by atoms with E-state index in [9.17, 15) is 14.7 Å². The standard InChI is InChI=1S/C18H19NO4S/c20-16(19-18(17(21)22)8-10-24-11-9-18)12-23-15-7-3-5-13-4-1-2-6-14(13)15/h1-7H,8-12H2,(H,19,20)(H,21,22). The van der Waals surface area contributed by atoms with E-state index in [1.165, 1.54) is 0 Å². The monoisotopic (exact) mass is 345 g/mol. The fraction of sp³-hybridized carbons (Fsp3) is 0.333. The highest BCUT2D eigenvalue weighted by Crippen LogP contribution is 2.28. The Labute approximate surface area is 144 Å². The molecule has 1 heterocycles. The number of rotatable bonds is 5. The molecule has 2 N–H and O–H groups in total. The Morgan fingerprint density at radius 1 is 1.12 bits per heavy atom. The molecular formula is C18H19NO4S. The van der Waals surface area contributed by atoms with E-state index < -0.39 is 17.4 Å². The van der Waals surface area contributed by atoms with E-state index in [-0.39, 0.29) is 6.61 Å². The third-order valence-electron chi connectivity index (χ3n) is 4.24. The van der Waals surface area contributed by atoms with Gasteiger partial charge in [-0.15, -0.1) is 0 Å². The highest BCUT2D eigenvalue weighted by Gasteiger charge is 2.41. The first-order valence-corrected chi connectivity index (χ1v) is 8.99. The van der Waals surface area contributed by atoms with E-state index in [0.29, 0.717) is 18.6 Å². The summed E-state index contributed by atoms with van der Waals surface area (Å²) in [5.74, 6) is 0.707. The molecule has 1 fully saturated rings. The summed E-state index contributed by atoms with van der Waals surface area (Å²) in [6, 6.07) is 13.4. The summed E-state index contributed by atoms with van der Waals surface area (Å²) < 4.78 is 5.64. The van der Waals surface area contributed by atoms with Gasteiger partial charge < -0.3 is 15.2 Å². The summed E-state index contributed by atoms with van der Waals surface area (Å²) in [4.78, 5) is 23.8. The van der Waals surface area contributed by atoms with Crippen molar-refractivity contribution >= 4 is 34.4 Å². The van der Waals surface area contributed by atoms with Crippen LogP contribution in [0.25, 0.3) is 10.8 Å². The van der Waals surface area contributed by atoms with Crippen LogP contribution < -0.4 is 10.1 Å². The number of nitrogens with one attached hydrogen (secondary N) is 1. The number of carboxylic acids is 1. The average molecular weight is 345 g/mol. The normalized spacial score (nSPS) is 16.5. The Hall–Kier alpha value is -2.21. The first-order chi connectivity index (χ1) is 11.6. The summed E-state index contributed by atoms with van der Waals surface area (Å²) in [5.41, 5.74) is -1.16. The van der Waals surface area contributed by atoms with Gasteiger partial charge in [0.1, 0.15) is 11.3 Å². The van der Waals surface area contributed by atoms with Crippen molar-refractivity contribution in [3.63, 3.8) is 0 Å². The van der Waals surface area contributed by atoms with Crippen molar-refractivity contribution in [1.29, 1.82) is 0 Å². The van der Waals surface area contributed by atoms with Crippen LogP contribution in [0.4, 0.5) is 0 Å². The van der Waals surface area contributed by atoms with Gasteiger partial charge in [-0.1, -0.05) is 36.4 Å². The number of carbonyl (C=O) groups is 2. The fourth-order valence-corrected chi connectivity index (χ4v) is 4.07. The smallest absolute Gasteiger partial charge is 0.329 e. The molecule has 1 saturated heterocycles. The van der Waals surface area contributed by atoms with Gasteiger partial charge in [0.15, 0.2) is 6.61 Å². The van der Waals surface area contributed by atoms with Crippen molar-refractivity contribution in [3.8, 4) is 5.75 Å². The van der Waals surface area contributed by atoms with Crippen LogP contribution in [0.5, 0.6) is 5.75 Å². The van der Waals surface area contributed by atoms with Crippen LogP contribution in [-0.2, 0) is 9.59 Å². The Morgan fingerprint density at radius 3 is 2.58 bits per heavy atom. The van der Waals surface area contributed by atoms with Crippen molar-refractivity contribution in [2.75, 3.05) is 18.1 Å². The fourth-order valence-electron chi connectivity index (χ4n) is 2.88. The van der Waals surface area contributed by atoms with Crippen LogP contribution in [0.2, 0.25) is 0 Å². The van der Waals surface area contributed by atoms with Gasteiger partial charge in [0.2, 0.25) is 0 Å². The van der Waals surface area contributed by atoms with Gasteiger partial charge in [-0.05, 0) is 35.8 Å². The molecule has 0 saturated carbocycles. The molecule has 0 bridgehead atoms. The summed E-state index contributed by atoms with van der Waals surface area (Å²) in [7, 11) is 0. The van der Waals surface area contributed by atoms with Crippen molar-refractivity contribution in [2.45, 2.75) is 18.4 Å². The number of ether oxygens (including phenoxy) is 1. The predicted octanol–water partition coefficient (Wildman–Crippen LogP) is 2.69. The second kappa shape index (κ2) is 7.13. The number of hydrogen-bond donors (Lipinski definition) is 2. The summed E-state index contributed by atoms with van der Waals surface area (Å²) in [6.45, 7) is -0.198. The first kappa shape index (κ1) is 16.6. The van der Waals surface area contributed by atoms with Crippen LogP contribution in [0.1, 0.15) is 12.8 Å². The second-order valence-electron chi connectivity index (χ2n) is 5.81. The third kappa shape index (κ3) is 3.48. The van der Waals surface area contributed by atoms with E-state index in [0.717, 1.165) is 22.3 Å². The molecule has 0 spiro atoms. The predicted molar refractivity (Wildman–Crippen MR) is 94.5 cm³/mol. The Morgan fingerprint density at radius 2 is 1.83 bits per heavy atom. The van der Waals surface area contributed by atoms with Gasteiger partial charge in [0.25, 0.3) is 5.91 Å². The lowest BCUT2D eigenvalue weighted by Crippen LogP contribution is -2.57. The van der Waals surface area contributed by atoms with Gasteiger partial charge >= 0.3 is 5.97 Å². The lowest BCUT2D eigenvalue weighted by Gasteiger charge is -2.33. The zero-order valence-electron chi connectivity index (χ0n) is 13.2. The Bertz CT molecular complexity index is 750. The lowest BCUT2D eigenvalue weighted by molar-refractivity contribution is -0.148. The molecule has 0 aliphatic carbocycles. The molecule has 24 heavy (non-hydrogen) atoms. The summed E-state index contributed by atoms with van der Waals surface area (Å²) in [6.07, 6.45) is 0.875. The molecule has 0 unspecified atom stereocenters. The highest BCUT2D eigenvalue weighted by molar-refractivity contribution is 7.99. The Kier molecular flexibility index (Phi) is 4.94. The number of carbonyl (C=O) groups excluding carboxylic acids is 1. The Balaban J connectivity index is 1.67. The first-order valence-electron chi connectivity index (χ1n) is 7.83. The van der Waals surface area contributed by atoms with Gasteiger partial charge in [-0.2, -0.15) is 11.8 Å². The molecule has 1 aliphatic rings. The summed E-state index contributed by atoms with van der Waals surface area (Å²) in [5, 5.41) is 14.1. The highest BCUT2D eigenvalue weighted by atomic mass is 32.2. The molecule has 1 aliphatic heterocycles. The molecule has 2 aromatic carbocycles. The van der Waals surface area contributed by atoms with Crippen molar-refractivity contribution in [1.82, 2.24) is 5.32 Å². The second-order valence-corrected chi connectivity index (χ2v) is 7.04. The van der Waals surface area contributed by atoms with Crippen LogP contribution in [0.3, 0.4) is 0 Å². The van der Waals surface area contributed by atoms with Gasteiger partial charge in [-0.3, -0.25) is 4.79 Å². The topological polar surface area (TPSA) is 75.6 Å². The number of carboxylic acid groups (broad SMARTS) is 1. The van der Waals surface area contributed by atoms with Crippen LogP contribution in [0.15, 0.2) is 42.5 Å². The number of amides is 1. The van der Waals surface area contributed by atoms with Gasteiger partial charge in [0, 0.05) is 5.39 Å². The molecule has 126 valence electrons. The molecule has 0 aromatic heterocycles. The molecule has 0 atom stereocenters. The van der Waals surface area contributed by atoms with Crippen LogP contribution in [-0.4, -0.2) is 40.6 Å². The molecule has 1 amide bonds. The molecule has 2 aromatic rings.